The number of imidazole rings is 1. The second-order valence-electron chi connectivity index (χ2n) is 7.99. The zero-order chi connectivity index (χ0) is 23.7. The Labute approximate surface area is 200 Å². The van der Waals surface area contributed by atoms with Crippen LogP contribution in [0, 0.1) is 0 Å². The molecule has 1 aliphatic heterocycles. The highest BCUT2D eigenvalue weighted by Crippen LogP contribution is 2.33. The molecule has 1 fully saturated rings. The summed E-state index contributed by atoms with van der Waals surface area (Å²) in [4.78, 5) is 26.1. The van der Waals surface area contributed by atoms with E-state index in [9.17, 15) is 9.90 Å². The van der Waals surface area contributed by atoms with Gasteiger partial charge in [-0.25, -0.2) is 15.0 Å². The summed E-state index contributed by atoms with van der Waals surface area (Å²) in [6.45, 7) is 0.553. The number of aromatic nitrogens is 4. The maximum absolute atomic E-state index is 12.1. The van der Waals surface area contributed by atoms with Gasteiger partial charge in [0.05, 0.1) is 12.4 Å². The predicted molar refractivity (Wildman–Crippen MR) is 128 cm³/mol. The lowest BCUT2D eigenvalue weighted by Crippen LogP contribution is -2.38. The summed E-state index contributed by atoms with van der Waals surface area (Å²) in [5.41, 5.74) is 2.98. The molecule has 3 heterocycles. The highest BCUT2D eigenvalue weighted by Gasteiger charge is 2.40. The molecule has 0 aliphatic carbocycles. The van der Waals surface area contributed by atoms with Crippen molar-refractivity contribution in [1.82, 2.24) is 24.8 Å². The molecule has 1 amide bonds. The second-order valence-corrected chi connectivity index (χ2v) is 8.43. The lowest BCUT2D eigenvalue weighted by Gasteiger charge is -2.15. The standard InChI is InChI=1S/C24H23ClN6O3/c1-26-24(33)20-17(32)11-18(34-20)31-13-28-19-22(27-12-14-5-3-2-4-6-14)29-21(30-23(19)31)15-7-9-16(25)10-8-15/h2-10,13,17-18,20,32H,11-12H2,1H3,(H,26,33)(H,27,29,30)/t17-,18+,20-/m0/s1. The summed E-state index contributed by atoms with van der Waals surface area (Å²) in [6.07, 6.45) is -0.660. The van der Waals surface area contributed by atoms with E-state index in [1.165, 1.54) is 7.05 Å². The van der Waals surface area contributed by atoms with Crippen molar-refractivity contribution in [3.63, 3.8) is 0 Å². The number of aliphatic hydroxyl groups excluding tert-OH is 1. The molecule has 1 aliphatic rings. The fraction of sp³-hybridized carbons (Fsp3) is 0.250. The van der Waals surface area contributed by atoms with E-state index in [2.05, 4.69) is 15.6 Å². The highest BCUT2D eigenvalue weighted by atomic mass is 35.5. The molecular formula is C24H23ClN6O3. The van der Waals surface area contributed by atoms with Gasteiger partial charge >= 0.3 is 0 Å². The number of halogens is 1. The maximum atomic E-state index is 12.1. The minimum Gasteiger partial charge on any atom is -0.390 e. The Bertz CT molecular complexity index is 1310. The first kappa shape index (κ1) is 22.3. The molecule has 10 heteroatoms. The normalized spacial score (nSPS) is 19.9. The van der Waals surface area contributed by atoms with Crippen LogP contribution in [0.15, 0.2) is 60.9 Å². The van der Waals surface area contributed by atoms with Gasteiger partial charge in [0.15, 0.2) is 28.9 Å². The molecule has 9 nitrogen and oxygen atoms in total. The number of nitrogens with one attached hydrogen (secondary N) is 2. The molecule has 5 rings (SSSR count). The van der Waals surface area contributed by atoms with Gasteiger partial charge < -0.3 is 20.5 Å². The van der Waals surface area contributed by atoms with E-state index in [1.54, 1.807) is 23.0 Å². The Morgan fingerprint density at radius 2 is 1.94 bits per heavy atom. The average molecular weight is 479 g/mol. The minimum absolute atomic E-state index is 0.233. The van der Waals surface area contributed by atoms with Crippen LogP contribution in [0.3, 0.4) is 0 Å². The summed E-state index contributed by atoms with van der Waals surface area (Å²) < 4.78 is 7.60. The second kappa shape index (κ2) is 9.38. The summed E-state index contributed by atoms with van der Waals surface area (Å²) in [6, 6.07) is 17.2. The molecule has 0 saturated carbocycles. The average Bonchev–Trinajstić information content (AvgIpc) is 3.46. The number of hydrogen-bond acceptors (Lipinski definition) is 7. The van der Waals surface area contributed by atoms with E-state index in [-0.39, 0.29) is 12.3 Å². The molecule has 4 aromatic rings. The van der Waals surface area contributed by atoms with Gasteiger partial charge in [0.2, 0.25) is 0 Å². The van der Waals surface area contributed by atoms with Gasteiger partial charge in [0.25, 0.3) is 5.91 Å². The van der Waals surface area contributed by atoms with Crippen LogP contribution in [0.1, 0.15) is 18.2 Å². The van der Waals surface area contributed by atoms with Gasteiger partial charge in [0.1, 0.15) is 6.23 Å². The number of amides is 1. The van der Waals surface area contributed by atoms with Crippen molar-refractivity contribution in [3.05, 3.63) is 71.5 Å². The van der Waals surface area contributed by atoms with Gasteiger partial charge in [-0.05, 0) is 29.8 Å². The molecule has 0 spiro atoms. The molecular weight excluding hydrogens is 456 g/mol. The third kappa shape index (κ3) is 4.33. The third-order valence-corrected chi connectivity index (χ3v) is 5.99. The summed E-state index contributed by atoms with van der Waals surface area (Å²) in [7, 11) is 1.51. The van der Waals surface area contributed by atoms with Gasteiger partial charge in [-0.2, -0.15) is 0 Å². The Balaban J connectivity index is 1.55. The number of ether oxygens (including phenoxy) is 1. The van der Waals surface area contributed by atoms with E-state index in [0.29, 0.717) is 34.4 Å². The quantitative estimate of drug-likeness (QED) is 0.390. The molecule has 3 N–H and O–H groups in total. The van der Waals surface area contributed by atoms with E-state index in [0.717, 1.165) is 11.1 Å². The van der Waals surface area contributed by atoms with Gasteiger partial charge in [0, 0.05) is 30.6 Å². The monoisotopic (exact) mass is 478 g/mol. The molecule has 0 bridgehead atoms. The number of nitrogens with zero attached hydrogens (tertiary/aromatic N) is 4. The highest BCUT2D eigenvalue weighted by molar-refractivity contribution is 6.30. The fourth-order valence-electron chi connectivity index (χ4n) is 3.96. The molecule has 2 aromatic heterocycles. The Morgan fingerprint density at radius 1 is 1.18 bits per heavy atom. The van der Waals surface area contributed by atoms with Gasteiger partial charge in [-0.3, -0.25) is 9.36 Å². The number of benzene rings is 2. The van der Waals surface area contributed by atoms with Crippen LogP contribution in [0.25, 0.3) is 22.6 Å². The van der Waals surface area contributed by atoms with E-state index in [4.69, 9.17) is 26.3 Å². The Kier molecular flexibility index (Phi) is 6.14. The molecule has 0 unspecified atom stereocenters. The van der Waals surface area contributed by atoms with Crippen LogP contribution in [-0.4, -0.2) is 49.8 Å². The van der Waals surface area contributed by atoms with E-state index in [1.807, 2.05) is 42.5 Å². The van der Waals surface area contributed by atoms with Crippen molar-refractivity contribution in [2.75, 3.05) is 12.4 Å². The summed E-state index contributed by atoms with van der Waals surface area (Å²) >= 11 is 6.06. The maximum Gasteiger partial charge on any atom is 0.251 e. The molecule has 174 valence electrons. The van der Waals surface area contributed by atoms with Crippen molar-refractivity contribution < 1.29 is 14.6 Å². The topological polar surface area (TPSA) is 114 Å². The predicted octanol–water partition coefficient (Wildman–Crippen LogP) is 3.15. The number of fused-ring (bicyclic) bond motifs is 1. The molecule has 34 heavy (non-hydrogen) atoms. The molecule has 2 aromatic carbocycles. The van der Waals surface area contributed by atoms with Crippen LogP contribution < -0.4 is 10.6 Å². The number of hydrogen-bond donors (Lipinski definition) is 3. The van der Waals surface area contributed by atoms with Crippen molar-refractivity contribution in [2.45, 2.75) is 31.4 Å². The third-order valence-electron chi connectivity index (χ3n) is 5.74. The van der Waals surface area contributed by atoms with Crippen LogP contribution in [-0.2, 0) is 16.1 Å². The van der Waals surface area contributed by atoms with Crippen molar-refractivity contribution in [3.8, 4) is 11.4 Å². The largest absolute Gasteiger partial charge is 0.390 e. The van der Waals surface area contributed by atoms with Crippen LogP contribution in [0.5, 0.6) is 0 Å². The molecule has 0 radical (unpaired) electrons. The SMILES string of the molecule is CNC(=O)[C@H]1O[C@@H](n2cnc3c(NCc4ccccc4)nc(-c4ccc(Cl)cc4)nc32)C[C@@H]1O. The van der Waals surface area contributed by atoms with Crippen LogP contribution in [0.2, 0.25) is 5.02 Å². The van der Waals surface area contributed by atoms with Crippen LogP contribution in [0.4, 0.5) is 5.82 Å². The zero-order valence-electron chi connectivity index (χ0n) is 18.4. The molecule has 1 saturated heterocycles. The smallest absolute Gasteiger partial charge is 0.251 e. The summed E-state index contributed by atoms with van der Waals surface area (Å²) in [5, 5.41) is 16.9. The fourth-order valence-corrected chi connectivity index (χ4v) is 4.09. The number of rotatable bonds is 6. The number of anilines is 1. The lowest BCUT2D eigenvalue weighted by molar-refractivity contribution is -0.137. The van der Waals surface area contributed by atoms with E-state index < -0.39 is 18.4 Å². The number of carbonyl (C=O) groups is 1. The van der Waals surface area contributed by atoms with Gasteiger partial charge in [-0.15, -0.1) is 0 Å². The first-order valence-electron chi connectivity index (χ1n) is 10.9. The Hall–Kier alpha value is -3.53. The first-order valence-corrected chi connectivity index (χ1v) is 11.2. The van der Waals surface area contributed by atoms with Crippen molar-refractivity contribution in [2.24, 2.45) is 0 Å². The van der Waals surface area contributed by atoms with Crippen molar-refractivity contribution in [1.29, 1.82) is 0 Å². The van der Waals surface area contributed by atoms with E-state index >= 15 is 0 Å². The first-order chi connectivity index (χ1) is 16.5. The molecule has 3 atom stereocenters. The van der Waals surface area contributed by atoms with Crippen molar-refractivity contribution >= 4 is 34.5 Å². The zero-order valence-corrected chi connectivity index (χ0v) is 19.1. The number of likely N-dealkylation sites (N-methyl/N-ethyl adjacent to an activating group) is 1. The Morgan fingerprint density at radius 3 is 2.68 bits per heavy atom. The minimum atomic E-state index is -0.958. The number of carbonyl (C=O) groups excluding carboxylic acids is 1. The van der Waals surface area contributed by atoms with Crippen LogP contribution >= 0.6 is 11.6 Å². The number of aliphatic hydroxyl groups is 1. The van der Waals surface area contributed by atoms with Gasteiger partial charge in [-0.1, -0.05) is 41.9 Å². The summed E-state index contributed by atoms with van der Waals surface area (Å²) in [5.74, 6) is 0.683. The lowest BCUT2D eigenvalue weighted by atomic mass is 10.1.